The number of hydrogen-bond donors (Lipinski definition) is 12. The predicted octanol–water partition coefficient (Wildman–Crippen LogP) is 3.14. The number of carbonyl (C=O) groups excluding carboxylic acids is 3. The fourth-order valence-electron chi connectivity index (χ4n) is 3.18. The van der Waals surface area contributed by atoms with Crippen molar-refractivity contribution in [3.05, 3.63) is 0 Å². The second-order valence-corrected chi connectivity index (χ2v) is 20.8. The molecule has 0 aromatic heterocycles. The molecule has 0 saturated heterocycles. The summed E-state index contributed by atoms with van der Waals surface area (Å²) in [4.78, 5) is 31.6. The quantitative estimate of drug-likeness (QED) is 0.159. The third-order valence-corrected chi connectivity index (χ3v) is 8.42. The zero-order chi connectivity index (χ0) is 48.0. The summed E-state index contributed by atoms with van der Waals surface area (Å²) in [6.45, 7) is 37.4. The van der Waals surface area contributed by atoms with Crippen LogP contribution in [0.15, 0.2) is 0 Å². The summed E-state index contributed by atoms with van der Waals surface area (Å²) in [5.41, 5.74) is 3.04. The highest BCUT2D eigenvalue weighted by atomic mass is 16.4. The number of ketones is 2. The van der Waals surface area contributed by atoms with Crippen LogP contribution in [0.25, 0.3) is 0 Å². The standard InChI is InChI=1S/2C8H16O3.C7H15NO3.C7H16O.2C6H14O2.CH4/c2*1-5(9)6(10)7(11)8(2,3)4;1-7(2,3)5(10)4(9)6(8)11;1-5-6(8)7(2,3)4;2*1-6(2,3)5(8)4-7;/h2*6-7,10-11H,1-4H3;4-5,9-10H,1-3H3,(H2,8,11);6,8H,5H2,1-4H3;2*5,7-8H,4H2,1-3H3;1H4/t6-,7+;;4-,5-;;2*5-;/m0.0.10./s1. The van der Waals surface area contributed by atoms with Crippen LogP contribution in [0.1, 0.15) is 159 Å². The largest absolute Gasteiger partial charge is 0.394 e. The first-order valence-corrected chi connectivity index (χ1v) is 19.4. The second kappa shape index (κ2) is 30.4. The van der Waals surface area contributed by atoms with Crippen molar-refractivity contribution in [2.45, 2.75) is 214 Å². The Balaban J connectivity index is -0.000000108. The van der Waals surface area contributed by atoms with E-state index in [9.17, 15) is 34.8 Å². The number of primary amides is 1. The Morgan fingerprint density at radius 1 is 0.414 bits per heavy atom. The molecule has 0 aromatic rings. The zero-order valence-corrected chi connectivity index (χ0v) is 39.5. The molecule has 3 unspecified atom stereocenters. The molecule has 0 spiro atoms. The molecule has 0 rings (SSSR count). The Kier molecular flexibility index (Phi) is 37.2. The Bertz CT molecular complexity index is 925. The van der Waals surface area contributed by atoms with Gasteiger partial charge in [0, 0.05) is 0 Å². The first-order chi connectivity index (χ1) is 24.7. The lowest BCUT2D eigenvalue weighted by Crippen LogP contribution is -2.45. The number of carbonyl (C=O) groups is 3. The monoisotopic (exact) mass is 850 g/mol. The van der Waals surface area contributed by atoms with E-state index in [2.05, 4.69) is 0 Å². The van der Waals surface area contributed by atoms with Crippen molar-refractivity contribution in [3.8, 4) is 0 Å². The lowest BCUT2D eigenvalue weighted by atomic mass is 9.85. The van der Waals surface area contributed by atoms with Gasteiger partial charge in [-0.25, -0.2) is 0 Å². The molecule has 15 nitrogen and oxygen atoms in total. The summed E-state index contributed by atoms with van der Waals surface area (Å²) >= 11 is 0. The summed E-state index contributed by atoms with van der Waals surface area (Å²) < 4.78 is 0. The zero-order valence-electron chi connectivity index (χ0n) is 39.5. The van der Waals surface area contributed by atoms with E-state index in [1.54, 1.807) is 62.3 Å². The van der Waals surface area contributed by atoms with E-state index in [0.717, 1.165) is 6.42 Å². The van der Waals surface area contributed by atoms with E-state index in [1.807, 2.05) is 69.2 Å². The molecular formula is C43H95NO14. The SMILES string of the molecule is C.CC(=O)C(O)C(O)C(C)(C)C.CC(=O)[C@H](O)[C@@H](O)C(C)(C)C.CC(C)(C)[C@@H](O)CO.CC(C)(C)[C@@H](O)[C@H](O)C(N)=O.CC(C)(C)[C@H](O)CO.CCC(O)C(C)(C)C. The fraction of sp³-hybridized carbons (Fsp3) is 0.930. The topological polar surface area (TPSA) is 300 Å². The Hall–Kier alpha value is -1.63. The molecule has 58 heavy (non-hydrogen) atoms. The highest BCUT2D eigenvalue weighted by Gasteiger charge is 2.33. The van der Waals surface area contributed by atoms with Gasteiger partial charge >= 0.3 is 0 Å². The summed E-state index contributed by atoms with van der Waals surface area (Å²) in [6.07, 6.45) is -7.56. The van der Waals surface area contributed by atoms with Crippen molar-refractivity contribution >= 4 is 17.5 Å². The van der Waals surface area contributed by atoms with Crippen LogP contribution in [-0.2, 0) is 14.4 Å². The molecule has 9 atom stereocenters. The minimum absolute atomic E-state index is 0. The number of aliphatic hydroxyl groups excluding tert-OH is 11. The molecule has 13 N–H and O–H groups in total. The molecule has 0 radical (unpaired) electrons. The Morgan fingerprint density at radius 3 is 0.638 bits per heavy atom. The van der Waals surface area contributed by atoms with Crippen molar-refractivity contribution in [2.75, 3.05) is 13.2 Å². The van der Waals surface area contributed by atoms with Gasteiger partial charge in [-0.2, -0.15) is 0 Å². The van der Waals surface area contributed by atoms with E-state index < -0.39 is 82.6 Å². The van der Waals surface area contributed by atoms with Crippen LogP contribution in [0, 0.1) is 32.5 Å². The maximum Gasteiger partial charge on any atom is 0.248 e. The van der Waals surface area contributed by atoms with E-state index in [-0.39, 0.29) is 43.0 Å². The molecule has 0 aromatic carbocycles. The normalized spacial score (nSPS) is 16.7. The van der Waals surface area contributed by atoms with Crippen LogP contribution in [0.2, 0.25) is 0 Å². The summed E-state index contributed by atoms with van der Waals surface area (Å²) in [5.74, 6) is -1.69. The predicted molar refractivity (Wildman–Crippen MR) is 233 cm³/mol. The van der Waals surface area contributed by atoms with Gasteiger partial charge < -0.3 is 61.9 Å². The van der Waals surface area contributed by atoms with Crippen LogP contribution in [0.5, 0.6) is 0 Å². The van der Waals surface area contributed by atoms with Gasteiger partial charge in [0.1, 0.15) is 12.2 Å². The lowest BCUT2D eigenvalue weighted by Gasteiger charge is -2.28. The first kappa shape index (κ1) is 70.9. The molecule has 0 heterocycles. The molecule has 0 aliphatic rings. The number of hydrogen-bond acceptors (Lipinski definition) is 14. The highest BCUT2D eigenvalue weighted by molar-refractivity contribution is 5.81. The molecular weight excluding hydrogens is 754 g/mol. The molecule has 356 valence electrons. The second-order valence-electron chi connectivity index (χ2n) is 20.8. The van der Waals surface area contributed by atoms with Gasteiger partial charge in [0.05, 0.1) is 49.8 Å². The van der Waals surface area contributed by atoms with Gasteiger partial charge in [-0.15, -0.1) is 0 Å². The summed E-state index contributed by atoms with van der Waals surface area (Å²) in [7, 11) is 0. The number of Topliss-reactive ketones (excluding diaryl/α,β-unsaturated/α-hetero) is 2. The maximum atomic E-state index is 10.6. The van der Waals surface area contributed by atoms with Crippen LogP contribution < -0.4 is 5.73 Å². The van der Waals surface area contributed by atoms with Gasteiger partial charge in [-0.1, -0.05) is 139 Å². The van der Waals surface area contributed by atoms with E-state index in [4.69, 9.17) is 41.5 Å². The lowest BCUT2D eigenvalue weighted by molar-refractivity contribution is -0.137. The van der Waals surface area contributed by atoms with E-state index in [1.165, 1.54) is 13.8 Å². The average Bonchev–Trinajstić information content (AvgIpc) is 3.03. The third kappa shape index (κ3) is 37.4. The molecule has 0 saturated carbocycles. The van der Waals surface area contributed by atoms with Gasteiger partial charge in [0.25, 0.3) is 0 Å². The first-order valence-electron chi connectivity index (χ1n) is 19.4. The van der Waals surface area contributed by atoms with Crippen LogP contribution >= 0.6 is 0 Å². The van der Waals surface area contributed by atoms with Crippen LogP contribution in [-0.4, -0.2) is 142 Å². The van der Waals surface area contributed by atoms with Crippen molar-refractivity contribution in [2.24, 2.45) is 38.2 Å². The van der Waals surface area contributed by atoms with Gasteiger partial charge in [0.15, 0.2) is 17.7 Å². The maximum absolute atomic E-state index is 10.6. The van der Waals surface area contributed by atoms with Crippen molar-refractivity contribution in [1.29, 1.82) is 0 Å². The van der Waals surface area contributed by atoms with E-state index in [0.29, 0.717) is 0 Å². The van der Waals surface area contributed by atoms with Crippen LogP contribution in [0.3, 0.4) is 0 Å². The molecule has 15 heteroatoms. The molecule has 0 aliphatic heterocycles. The van der Waals surface area contributed by atoms with E-state index >= 15 is 0 Å². The third-order valence-electron chi connectivity index (χ3n) is 8.42. The minimum atomic E-state index is -1.48. The summed E-state index contributed by atoms with van der Waals surface area (Å²) in [6, 6.07) is 0. The smallest absolute Gasteiger partial charge is 0.248 e. The number of aliphatic hydroxyl groups is 11. The van der Waals surface area contributed by atoms with Crippen molar-refractivity contribution in [1.82, 2.24) is 0 Å². The number of nitrogens with two attached hydrogens (primary N) is 1. The Labute approximate surface area is 353 Å². The average molecular weight is 850 g/mol. The van der Waals surface area contributed by atoms with Crippen molar-refractivity contribution in [3.63, 3.8) is 0 Å². The molecule has 0 bridgehead atoms. The fourth-order valence-corrected chi connectivity index (χ4v) is 3.18. The number of rotatable bonds is 9. The molecule has 0 fully saturated rings. The highest BCUT2D eigenvalue weighted by Crippen LogP contribution is 2.24. The molecule has 0 aliphatic carbocycles. The van der Waals surface area contributed by atoms with Crippen LogP contribution in [0.4, 0.5) is 0 Å². The Morgan fingerprint density at radius 2 is 0.603 bits per heavy atom. The molecule has 1 amide bonds. The van der Waals surface area contributed by atoms with Gasteiger partial charge in [-0.3, -0.25) is 14.4 Å². The van der Waals surface area contributed by atoms with Crippen molar-refractivity contribution < 1.29 is 70.6 Å². The minimum Gasteiger partial charge on any atom is -0.394 e. The summed E-state index contributed by atoms with van der Waals surface area (Å²) in [5, 5.41) is 99.2. The van der Waals surface area contributed by atoms with Gasteiger partial charge in [-0.05, 0) is 52.8 Å². The number of amides is 1. The van der Waals surface area contributed by atoms with Gasteiger partial charge in [0.2, 0.25) is 5.91 Å².